The average Bonchev–Trinajstić information content (AvgIpc) is 2.73. The van der Waals surface area contributed by atoms with Crippen molar-refractivity contribution in [1.29, 1.82) is 0 Å². The smallest absolute Gasteiger partial charge is 0.296 e. The fourth-order valence-corrected chi connectivity index (χ4v) is 2.50. The number of hydrogen-bond acceptors (Lipinski definition) is 2. The van der Waals surface area contributed by atoms with Crippen molar-refractivity contribution in [3.8, 4) is 0 Å². The predicted octanol–water partition coefficient (Wildman–Crippen LogP) is 1.92. The normalized spacial score (nSPS) is 18.9. The summed E-state index contributed by atoms with van der Waals surface area (Å²) in [6.07, 6.45) is 5.95. The van der Waals surface area contributed by atoms with Crippen molar-refractivity contribution in [3.63, 3.8) is 0 Å². The van der Waals surface area contributed by atoms with Crippen molar-refractivity contribution in [2.75, 3.05) is 0 Å². The molecule has 1 heterocycles. The molecule has 0 spiro atoms. The van der Waals surface area contributed by atoms with E-state index in [9.17, 15) is 8.42 Å². The van der Waals surface area contributed by atoms with Crippen LogP contribution in [0.3, 0.4) is 0 Å². The molecule has 1 aromatic rings. The van der Waals surface area contributed by atoms with Crippen LogP contribution in [0.15, 0.2) is 17.2 Å². The first-order valence-electron chi connectivity index (χ1n) is 4.73. The molecule has 78 valence electrons. The lowest BCUT2D eigenvalue weighted by molar-refractivity contribution is 0.483. The van der Waals surface area contributed by atoms with Gasteiger partial charge in [-0.3, -0.25) is 4.55 Å². The highest BCUT2D eigenvalue weighted by atomic mass is 32.2. The van der Waals surface area contributed by atoms with Crippen LogP contribution in [-0.2, 0) is 10.1 Å². The second-order valence-corrected chi connectivity index (χ2v) is 5.17. The van der Waals surface area contributed by atoms with Gasteiger partial charge in [-0.15, -0.1) is 0 Å². The van der Waals surface area contributed by atoms with Gasteiger partial charge in [-0.05, 0) is 24.8 Å². The Bertz CT molecular complexity index is 415. The Morgan fingerprint density at radius 1 is 1.36 bits per heavy atom. The zero-order valence-electron chi connectivity index (χ0n) is 7.73. The van der Waals surface area contributed by atoms with E-state index in [4.69, 9.17) is 4.55 Å². The quantitative estimate of drug-likeness (QED) is 0.740. The maximum absolute atomic E-state index is 10.8. The molecular formula is C9H13NO3S. The molecule has 0 aromatic carbocycles. The highest BCUT2D eigenvalue weighted by Gasteiger charge is 2.20. The average molecular weight is 215 g/mol. The maximum Gasteiger partial charge on any atom is 0.296 e. The third kappa shape index (κ3) is 1.83. The molecule has 0 aliphatic heterocycles. The van der Waals surface area contributed by atoms with Gasteiger partial charge in [0.2, 0.25) is 0 Å². The van der Waals surface area contributed by atoms with Crippen molar-refractivity contribution < 1.29 is 13.0 Å². The van der Waals surface area contributed by atoms with Crippen molar-refractivity contribution in [3.05, 3.63) is 18.0 Å². The van der Waals surface area contributed by atoms with Crippen molar-refractivity contribution in [1.82, 2.24) is 4.98 Å². The van der Waals surface area contributed by atoms with Gasteiger partial charge < -0.3 is 4.98 Å². The monoisotopic (exact) mass is 215 g/mol. The van der Waals surface area contributed by atoms with Gasteiger partial charge in [-0.1, -0.05) is 12.8 Å². The minimum absolute atomic E-state index is 0.0283. The number of rotatable bonds is 2. The summed E-state index contributed by atoms with van der Waals surface area (Å²) in [4.78, 5) is 2.89. The summed E-state index contributed by atoms with van der Waals surface area (Å²) in [5, 5.41) is 0. The Morgan fingerprint density at radius 3 is 2.50 bits per heavy atom. The Labute approximate surface area is 83.1 Å². The Morgan fingerprint density at radius 2 is 2.00 bits per heavy atom. The van der Waals surface area contributed by atoms with Crippen molar-refractivity contribution in [2.24, 2.45) is 0 Å². The lowest BCUT2D eigenvalue weighted by Gasteiger charge is -2.04. The van der Waals surface area contributed by atoms with Gasteiger partial charge in [0.25, 0.3) is 10.1 Å². The minimum Gasteiger partial charge on any atom is -0.363 e. The van der Waals surface area contributed by atoms with Gasteiger partial charge in [0, 0.05) is 11.9 Å². The molecule has 1 aromatic heterocycles. The Kier molecular flexibility index (Phi) is 2.36. The SMILES string of the molecule is O=S(=O)(O)c1c[nH]c(C2CCCC2)c1. The molecule has 0 atom stereocenters. The molecule has 0 radical (unpaired) electrons. The van der Waals surface area contributed by atoms with E-state index < -0.39 is 10.1 Å². The van der Waals surface area contributed by atoms with E-state index in [0.717, 1.165) is 18.5 Å². The third-order valence-corrected chi connectivity index (χ3v) is 3.60. The first-order chi connectivity index (χ1) is 6.57. The van der Waals surface area contributed by atoms with E-state index in [1.54, 1.807) is 0 Å². The molecule has 0 unspecified atom stereocenters. The summed E-state index contributed by atoms with van der Waals surface area (Å²) >= 11 is 0. The van der Waals surface area contributed by atoms with E-state index in [2.05, 4.69) is 4.98 Å². The van der Waals surface area contributed by atoms with Crippen LogP contribution < -0.4 is 0 Å². The fraction of sp³-hybridized carbons (Fsp3) is 0.556. The second-order valence-electron chi connectivity index (χ2n) is 3.75. The number of H-pyrrole nitrogens is 1. The molecule has 1 aliphatic rings. The van der Waals surface area contributed by atoms with Gasteiger partial charge in [-0.2, -0.15) is 8.42 Å². The van der Waals surface area contributed by atoms with E-state index >= 15 is 0 Å². The molecule has 0 amide bonds. The molecular weight excluding hydrogens is 202 g/mol. The standard InChI is InChI=1S/C9H13NO3S/c11-14(12,13)8-5-9(10-6-8)7-3-1-2-4-7/h5-7,10H,1-4H2,(H,11,12,13). The molecule has 4 nitrogen and oxygen atoms in total. The first-order valence-corrected chi connectivity index (χ1v) is 6.17. The van der Waals surface area contributed by atoms with Gasteiger partial charge in [0.05, 0.1) is 0 Å². The van der Waals surface area contributed by atoms with Crippen molar-refractivity contribution in [2.45, 2.75) is 36.5 Å². The maximum atomic E-state index is 10.8. The number of aromatic amines is 1. The summed E-state index contributed by atoms with van der Waals surface area (Å²) in [7, 11) is -4.04. The van der Waals surface area contributed by atoms with E-state index in [-0.39, 0.29) is 4.90 Å². The van der Waals surface area contributed by atoms with Crippen LogP contribution in [0.25, 0.3) is 0 Å². The Hall–Kier alpha value is -0.810. The second kappa shape index (κ2) is 3.40. The topological polar surface area (TPSA) is 70.2 Å². The van der Waals surface area contributed by atoms with Gasteiger partial charge in [0.15, 0.2) is 0 Å². The van der Waals surface area contributed by atoms with Gasteiger partial charge in [0.1, 0.15) is 4.90 Å². The lowest BCUT2D eigenvalue weighted by atomic mass is 10.1. The molecule has 14 heavy (non-hydrogen) atoms. The lowest BCUT2D eigenvalue weighted by Crippen LogP contribution is -1.95. The summed E-state index contributed by atoms with van der Waals surface area (Å²) in [5.41, 5.74) is 0.926. The van der Waals surface area contributed by atoms with Crippen LogP contribution in [0, 0.1) is 0 Å². The molecule has 2 N–H and O–H groups in total. The molecule has 5 heteroatoms. The van der Waals surface area contributed by atoms with Gasteiger partial charge in [-0.25, -0.2) is 0 Å². The highest BCUT2D eigenvalue weighted by molar-refractivity contribution is 7.85. The zero-order valence-corrected chi connectivity index (χ0v) is 8.55. The molecule has 2 rings (SSSR count). The summed E-state index contributed by atoms with van der Waals surface area (Å²) < 4.78 is 30.4. The van der Waals surface area contributed by atoms with Gasteiger partial charge >= 0.3 is 0 Å². The van der Waals surface area contributed by atoms with E-state index in [0.29, 0.717) is 5.92 Å². The molecule has 1 aliphatic carbocycles. The van der Waals surface area contributed by atoms with Crippen LogP contribution in [0.1, 0.15) is 37.3 Å². The predicted molar refractivity (Wildman–Crippen MR) is 51.8 cm³/mol. The van der Waals surface area contributed by atoms with Crippen LogP contribution in [0.2, 0.25) is 0 Å². The molecule has 1 saturated carbocycles. The van der Waals surface area contributed by atoms with E-state index in [1.807, 2.05) is 0 Å². The third-order valence-electron chi connectivity index (χ3n) is 2.77. The number of aromatic nitrogens is 1. The molecule has 0 bridgehead atoms. The fourth-order valence-electron chi connectivity index (χ4n) is 2.01. The zero-order chi connectivity index (χ0) is 10.2. The highest BCUT2D eigenvalue weighted by Crippen LogP contribution is 2.33. The number of nitrogens with one attached hydrogen (secondary N) is 1. The Balaban J connectivity index is 2.25. The van der Waals surface area contributed by atoms with E-state index in [1.165, 1.54) is 25.1 Å². The summed E-state index contributed by atoms with van der Waals surface area (Å²) in [5.74, 6) is 0.436. The van der Waals surface area contributed by atoms with Crippen LogP contribution in [-0.4, -0.2) is 18.0 Å². The van der Waals surface area contributed by atoms with Crippen LogP contribution in [0.5, 0.6) is 0 Å². The summed E-state index contributed by atoms with van der Waals surface area (Å²) in [6.45, 7) is 0. The summed E-state index contributed by atoms with van der Waals surface area (Å²) in [6, 6.07) is 1.53. The number of hydrogen-bond donors (Lipinski definition) is 2. The van der Waals surface area contributed by atoms with Crippen LogP contribution in [0.4, 0.5) is 0 Å². The first kappa shape index (κ1) is 9.73. The minimum atomic E-state index is -4.04. The molecule has 0 saturated heterocycles. The van der Waals surface area contributed by atoms with Crippen LogP contribution >= 0.6 is 0 Å². The largest absolute Gasteiger partial charge is 0.363 e. The van der Waals surface area contributed by atoms with Crippen molar-refractivity contribution >= 4 is 10.1 Å². The molecule has 1 fully saturated rings.